The van der Waals surface area contributed by atoms with Crippen molar-refractivity contribution in [3.63, 3.8) is 0 Å². The van der Waals surface area contributed by atoms with E-state index in [0.717, 1.165) is 6.42 Å². The number of hydrogen-bond acceptors (Lipinski definition) is 3. The standard InChI is InChI=1S/C10H14O3/c1-3-5-9-7(4-2)10(12)8(11)6-13-9/h4-5,8,11H,3,6H2,1-2H3/b7-4+,9-5+/t8-/m1/s1. The Balaban J connectivity index is 2.92. The van der Waals surface area contributed by atoms with E-state index in [0.29, 0.717) is 11.3 Å². The SMILES string of the molecule is C/C=C1/C(=O)[C@H](O)CO/C1=C/CC. The number of rotatable bonds is 1. The Morgan fingerprint density at radius 3 is 2.92 bits per heavy atom. The summed E-state index contributed by atoms with van der Waals surface area (Å²) < 4.78 is 5.23. The Kier molecular flexibility index (Phi) is 3.25. The lowest BCUT2D eigenvalue weighted by molar-refractivity contribution is -0.128. The Hall–Kier alpha value is -1.09. The van der Waals surface area contributed by atoms with Crippen molar-refractivity contribution in [1.82, 2.24) is 0 Å². The Labute approximate surface area is 77.7 Å². The number of ketones is 1. The van der Waals surface area contributed by atoms with E-state index in [1.54, 1.807) is 13.0 Å². The Morgan fingerprint density at radius 2 is 2.38 bits per heavy atom. The van der Waals surface area contributed by atoms with Gasteiger partial charge in [-0.15, -0.1) is 0 Å². The van der Waals surface area contributed by atoms with Crippen LogP contribution in [0.2, 0.25) is 0 Å². The molecule has 1 saturated heterocycles. The van der Waals surface area contributed by atoms with Crippen LogP contribution in [0.3, 0.4) is 0 Å². The van der Waals surface area contributed by atoms with E-state index in [1.165, 1.54) is 0 Å². The maximum Gasteiger partial charge on any atom is 0.198 e. The summed E-state index contributed by atoms with van der Waals surface area (Å²) in [5.74, 6) is 0.355. The zero-order valence-electron chi connectivity index (χ0n) is 7.91. The van der Waals surface area contributed by atoms with Gasteiger partial charge in [0.25, 0.3) is 0 Å². The number of Topliss-reactive ketones (excluding diaryl/α,β-unsaturated/α-hetero) is 1. The van der Waals surface area contributed by atoms with Crippen molar-refractivity contribution in [3.05, 3.63) is 23.5 Å². The van der Waals surface area contributed by atoms with Crippen molar-refractivity contribution in [2.45, 2.75) is 26.4 Å². The fourth-order valence-corrected chi connectivity index (χ4v) is 1.26. The molecule has 3 heteroatoms. The molecule has 0 aromatic heterocycles. The number of carbonyl (C=O) groups excluding carboxylic acids is 1. The van der Waals surface area contributed by atoms with Gasteiger partial charge in [0.05, 0.1) is 5.57 Å². The zero-order valence-corrected chi connectivity index (χ0v) is 7.91. The summed E-state index contributed by atoms with van der Waals surface area (Å²) in [6.45, 7) is 3.80. The average Bonchev–Trinajstić information content (AvgIpc) is 2.12. The van der Waals surface area contributed by atoms with Crippen molar-refractivity contribution in [1.29, 1.82) is 0 Å². The maximum absolute atomic E-state index is 11.4. The molecule has 0 saturated carbocycles. The van der Waals surface area contributed by atoms with Gasteiger partial charge in [-0.2, -0.15) is 0 Å². The molecule has 1 N–H and O–H groups in total. The molecule has 0 aliphatic carbocycles. The number of ether oxygens (including phenoxy) is 1. The number of hydrogen-bond donors (Lipinski definition) is 1. The molecule has 1 heterocycles. The summed E-state index contributed by atoms with van der Waals surface area (Å²) in [4.78, 5) is 11.4. The van der Waals surface area contributed by atoms with Crippen LogP contribution in [0.5, 0.6) is 0 Å². The van der Waals surface area contributed by atoms with E-state index in [4.69, 9.17) is 4.74 Å². The molecule has 0 aromatic carbocycles. The van der Waals surface area contributed by atoms with Gasteiger partial charge in [0.1, 0.15) is 12.4 Å². The second kappa shape index (κ2) is 4.23. The second-order valence-corrected chi connectivity index (χ2v) is 2.87. The lowest BCUT2D eigenvalue weighted by Crippen LogP contribution is -2.33. The highest BCUT2D eigenvalue weighted by atomic mass is 16.5. The van der Waals surface area contributed by atoms with Crippen LogP contribution in [0.15, 0.2) is 23.5 Å². The number of aliphatic hydroxyl groups is 1. The van der Waals surface area contributed by atoms with E-state index in [1.807, 2.05) is 13.0 Å². The molecule has 1 aliphatic rings. The summed E-state index contributed by atoms with van der Waals surface area (Å²) in [5.41, 5.74) is 0.487. The van der Waals surface area contributed by atoms with Gasteiger partial charge in [0.2, 0.25) is 0 Å². The van der Waals surface area contributed by atoms with Crippen molar-refractivity contribution in [2.24, 2.45) is 0 Å². The Morgan fingerprint density at radius 1 is 1.69 bits per heavy atom. The topological polar surface area (TPSA) is 46.5 Å². The molecule has 13 heavy (non-hydrogen) atoms. The first kappa shape index (κ1) is 9.99. The predicted octanol–water partition coefficient (Wildman–Crippen LogP) is 1.19. The van der Waals surface area contributed by atoms with Crippen molar-refractivity contribution < 1.29 is 14.6 Å². The molecule has 0 aromatic rings. The highest BCUT2D eigenvalue weighted by Gasteiger charge is 2.28. The molecule has 0 unspecified atom stereocenters. The largest absolute Gasteiger partial charge is 0.490 e. The third kappa shape index (κ3) is 1.98. The summed E-state index contributed by atoms with van der Waals surface area (Å²) in [6.07, 6.45) is 3.33. The maximum atomic E-state index is 11.4. The molecule has 0 spiro atoms. The first-order valence-electron chi connectivity index (χ1n) is 4.42. The highest BCUT2D eigenvalue weighted by molar-refractivity contribution is 6.02. The minimum atomic E-state index is -1.000. The van der Waals surface area contributed by atoms with Crippen LogP contribution in [0.25, 0.3) is 0 Å². The van der Waals surface area contributed by atoms with Crippen LogP contribution in [0.1, 0.15) is 20.3 Å². The molecule has 72 valence electrons. The second-order valence-electron chi connectivity index (χ2n) is 2.87. The van der Waals surface area contributed by atoms with E-state index in [2.05, 4.69) is 0 Å². The molecular weight excluding hydrogens is 168 g/mol. The van der Waals surface area contributed by atoms with Gasteiger partial charge in [0.15, 0.2) is 11.9 Å². The van der Waals surface area contributed by atoms with Gasteiger partial charge in [-0.1, -0.05) is 13.0 Å². The van der Waals surface area contributed by atoms with E-state index in [-0.39, 0.29) is 12.4 Å². The van der Waals surface area contributed by atoms with Crippen molar-refractivity contribution in [3.8, 4) is 0 Å². The Bertz CT molecular complexity index is 263. The lowest BCUT2D eigenvalue weighted by Gasteiger charge is -2.22. The smallest absolute Gasteiger partial charge is 0.198 e. The number of allylic oxidation sites excluding steroid dienone is 3. The highest BCUT2D eigenvalue weighted by Crippen LogP contribution is 2.20. The molecule has 0 amide bonds. The first-order valence-corrected chi connectivity index (χ1v) is 4.42. The van der Waals surface area contributed by atoms with Gasteiger partial charge < -0.3 is 9.84 Å². The summed E-state index contributed by atoms with van der Waals surface area (Å²) >= 11 is 0. The van der Waals surface area contributed by atoms with Crippen molar-refractivity contribution in [2.75, 3.05) is 6.61 Å². The summed E-state index contributed by atoms with van der Waals surface area (Å²) in [7, 11) is 0. The fourth-order valence-electron chi connectivity index (χ4n) is 1.26. The predicted molar refractivity (Wildman–Crippen MR) is 49.1 cm³/mol. The minimum absolute atomic E-state index is 0.0714. The quantitative estimate of drug-likeness (QED) is 0.619. The molecular formula is C10H14O3. The normalized spacial score (nSPS) is 29.5. The third-order valence-corrected chi connectivity index (χ3v) is 1.91. The first-order chi connectivity index (χ1) is 6.20. The summed E-state index contributed by atoms with van der Waals surface area (Å²) in [5, 5.41) is 9.22. The van der Waals surface area contributed by atoms with Gasteiger partial charge in [-0.25, -0.2) is 0 Å². The van der Waals surface area contributed by atoms with Crippen LogP contribution >= 0.6 is 0 Å². The van der Waals surface area contributed by atoms with Crippen molar-refractivity contribution >= 4 is 5.78 Å². The zero-order chi connectivity index (χ0) is 9.84. The van der Waals surface area contributed by atoms with Crippen LogP contribution in [0.4, 0.5) is 0 Å². The molecule has 1 atom stereocenters. The summed E-state index contributed by atoms with van der Waals surface area (Å²) in [6, 6.07) is 0. The van der Waals surface area contributed by atoms with E-state index >= 15 is 0 Å². The molecule has 1 fully saturated rings. The van der Waals surface area contributed by atoms with Crippen LogP contribution in [-0.2, 0) is 9.53 Å². The van der Waals surface area contributed by atoms with E-state index in [9.17, 15) is 9.90 Å². The fraction of sp³-hybridized carbons (Fsp3) is 0.500. The number of carbonyl (C=O) groups is 1. The minimum Gasteiger partial charge on any atom is -0.490 e. The number of aliphatic hydroxyl groups excluding tert-OH is 1. The molecule has 1 aliphatic heterocycles. The average molecular weight is 182 g/mol. The van der Waals surface area contributed by atoms with Crippen LogP contribution < -0.4 is 0 Å². The monoisotopic (exact) mass is 182 g/mol. The van der Waals surface area contributed by atoms with Crippen LogP contribution in [0, 0.1) is 0 Å². The molecule has 1 rings (SSSR count). The molecule has 0 bridgehead atoms. The molecule has 0 radical (unpaired) electrons. The third-order valence-electron chi connectivity index (χ3n) is 1.91. The van der Waals surface area contributed by atoms with Gasteiger partial charge in [0, 0.05) is 0 Å². The van der Waals surface area contributed by atoms with Crippen LogP contribution in [-0.4, -0.2) is 23.6 Å². The lowest BCUT2D eigenvalue weighted by atomic mass is 10.0. The van der Waals surface area contributed by atoms with E-state index < -0.39 is 6.10 Å². The van der Waals surface area contributed by atoms with Gasteiger partial charge >= 0.3 is 0 Å². The van der Waals surface area contributed by atoms with Gasteiger partial charge in [-0.05, 0) is 19.4 Å². The molecule has 3 nitrogen and oxygen atoms in total. The van der Waals surface area contributed by atoms with Gasteiger partial charge in [-0.3, -0.25) is 4.79 Å².